The van der Waals surface area contributed by atoms with E-state index in [1.54, 1.807) is 0 Å². The fraction of sp³-hybridized carbons (Fsp3) is 0.0345. The molecule has 3 N–H and O–H groups in total. The molecular formula is C29H17N8Na5O18S5. The van der Waals surface area contributed by atoms with E-state index in [-0.39, 0.29) is 170 Å². The maximum absolute atomic E-state index is 12.3. The van der Waals surface area contributed by atoms with Crippen LogP contribution in [0.5, 0.6) is 5.75 Å². The smallest absolute Gasteiger partial charge is 0.744 e. The Labute approximate surface area is 479 Å². The first kappa shape index (κ1) is 65.5. The van der Waals surface area contributed by atoms with Gasteiger partial charge in [-0.25, -0.2) is 33.7 Å². The minimum atomic E-state index is -5.58. The van der Waals surface area contributed by atoms with Crippen LogP contribution in [-0.2, 0) is 51.1 Å². The van der Waals surface area contributed by atoms with Crippen LogP contribution < -0.4 is 154 Å². The van der Waals surface area contributed by atoms with Gasteiger partial charge >= 0.3 is 158 Å². The Morgan fingerprint density at radius 1 is 0.631 bits per heavy atom. The second-order valence-electron chi connectivity index (χ2n) is 11.2. The van der Waals surface area contributed by atoms with Gasteiger partial charge < -0.3 is 29.1 Å². The van der Waals surface area contributed by atoms with Crippen LogP contribution in [0.2, 0.25) is 0 Å². The number of nitrogens with zero attached hydrogens (tertiary/aromatic N) is 7. The van der Waals surface area contributed by atoms with E-state index in [9.17, 15) is 67.1 Å². The van der Waals surface area contributed by atoms with Crippen molar-refractivity contribution < 1.29 is 222 Å². The number of nitro groups is 1. The predicted molar refractivity (Wildman–Crippen MR) is 194 cm³/mol. The number of phenols is 1. The molecule has 0 saturated heterocycles. The van der Waals surface area contributed by atoms with Gasteiger partial charge in [0.15, 0.2) is 11.4 Å². The zero-order valence-corrected chi connectivity index (χ0v) is 48.1. The van der Waals surface area contributed by atoms with E-state index in [1.165, 1.54) is 25.1 Å². The molecule has 65 heavy (non-hydrogen) atoms. The summed E-state index contributed by atoms with van der Waals surface area (Å²) in [6.07, 6.45) is 0. The Morgan fingerprint density at radius 2 is 1.17 bits per heavy atom. The van der Waals surface area contributed by atoms with Gasteiger partial charge in [0.2, 0.25) is 0 Å². The molecule has 0 aliphatic rings. The van der Waals surface area contributed by atoms with Gasteiger partial charge in [-0.2, -0.15) is 15.3 Å². The van der Waals surface area contributed by atoms with Crippen LogP contribution in [0.15, 0.2) is 117 Å². The quantitative estimate of drug-likeness (QED) is 0.0236. The van der Waals surface area contributed by atoms with Crippen molar-refractivity contribution >= 4 is 107 Å². The molecule has 0 radical (unpaired) electrons. The first-order chi connectivity index (χ1) is 27.6. The van der Waals surface area contributed by atoms with Gasteiger partial charge in [-0.1, -0.05) is 12.1 Å². The summed E-state index contributed by atoms with van der Waals surface area (Å²) in [4.78, 5) is 5.79. The third kappa shape index (κ3) is 17.7. The van der Waals surface area contributed by atoms with Crippen molar-refractivity contribution in [1.82, 2.24) is 0 Å². The molecule has 0 heterocycles. The number of anilines is 1. The SMILES string of the molecule is Cc1cc(N=Nc2cc(S(=O)(=O)[O-])c3cc(S(=O)(=O)[O-])c(N=Nc4[c-]cc([N+](=O)[O-])cc4)c(O)c3c2N)ccc1N=Nc1cc(S(=O)(=O)[O-])ccc1S(=O)(=O)[O-].O=S(=O)=O.[Na+].[Na+].[Na+].[Na+].[Na+]. The molecule has 0 unspecified atom stereocenters. The van der Waals surface area contributed by atoms with Crippen LogP contribution in [0.4, 0.5) is 45.5 Å². The largest absolute Gasteiger partial charge is 1.00 e. The zero-order valence-electron chi connectivity index (χ0n) is 34.0. The van der Waals surface area contributed by atoms with Crippen LogP contribution in [0.1, 0.15) is 5.56 Å². The normalized spacial score (nSPS) is 11.6. The van der Waals surface area contributed by atoms with Crippen LogP contribution in [0.25, 0.3) is 10.8 Å². The van der Waals surface area contributed by atoms with Crippen molar-refractivity contribution in [3.8, 4) is 5.75 Å². The first-order valence-electron chi connectivity index (χ1n) is 15.0. The van der Waals surface area contributed by atoms with Crippen molar-refractivity contribution in [3.05, 3.63) is 88.5 Å². The summed E-state index contributed by atoms with van der Waals surface area (Å²) >= 11 is 0. The minimum Gasteiger partial charge on any atom is -0.744 e. The third-order valence-electron chi connectivity index (χ3n) is 7.31. The number of hydrogen-bond acceptors (Lipinski definition) is 25. The molecule has 36 heteroatoms. The van der Waals surface area contributed by atoms with Gasteiger partial charge in [-0.15, -0.1) is 40.1 Å². The van der Waals surface area contributed by atoms with Crippen LogP contribution >= 0.6 is 0 Å². The maximum atomic E-state index is 12.3. The molecule has 0 spiro atoms. The number of benzene rings is 5. The molecule has 5 rings (SSSR count). The van der Waals surface area contributed by atoms with Gasteiger partial charge in [0.1, 0.15) is 57.5 Å². The van der Waals surface area contributed by atoms with Gasteiger partial charge in [-0.05, 0) is 66.7 Å². The Bertz CT molecular complexity index is 3290. The number of nitrogens with two attached hydrogens (primary N) is 1. The van der Waals surface area contributed by atoms with Gasteiger partial charge in [-0.3, -0.25) is 10.1 Å². The molecule has 316 valence electrons. The monoisotopic (exact) mass is 1040 g/mol. The van der Waals surface area contributed by atoms with Gasteiger partial charge in [0.25, 0.3) is 0 Å². The molecule has 0 aliphatic carbocycles. The Morgan fingerprint density at radius 3 is 1.65 bits per heavy atom. The number of aromatic hydroxyl groups is 1. The summed E-state index contributed by atoms with van der Waals surface area (Å²) in [6, 6.07) is 11.8. The Kier molecular flexibility index (Phi) is 26.6. The number of aryl methyl sites for hydroxylation is 1. The van der Waals surface area contributed by atoms with E-state index in [0.717, 1.165) is 18.2 Å². The summed E-state index contributed by atoms with van der Waals surface area (Å²) in [5, 5.41) is 42.9. The Hall–Kier alpha value is -1.58. The van der Waals surface area contributed by atoms with E-state index in [4.69, 9.17) is 18.4 Å². The number of nitro benzene ring substituents is 1. The average Bonchev–Trinajstić information content (AvgIpc) is 3.11. The van der Waals surface area contributed by atoms with Gasteiger partial charge in [0.05, 0.1) is 42.0 Å². The summed E-state index contributed by atoms with van der Waals surface area (Å²) in [6.45, 7) is 1.44. The first-order valence-corrected chi connectivity index (χ1v) is 21.6. The summed E-state index contributed by atoms with van der Waals surface area (Å²) in [5.41, 5.74) is 2.77. The van der Waals surface area contributed by atoms with E-state index in [1.807, 2.05) is 0 Å². The second-order valence-corrected chi connectivity index (χ2v) is 17.0. The molecule has 0 saturated carbocycles. The molecule has 0 bridgehead atoms. The number of non-ortho nitro benzene ring substituents is 1. The molecule has 0 atom stereocenters. The standard InChI is InChI=1S/C29H21N8O15S4.5Na.O3S/c1-14-10-16(4-8-20(14)33-34-21-11-18(53(41,42)43)7-9-23(21)54(44,45)46)32-35-22-13-24(55(47,48)49)19-12-25(56(50,51)52)28(29(38)26(19)27(22)30)36-31-15-2-5-17(6-3-15)37(39)40;;;;;;1-4(2)3/h2,4-13,38H,30H2,1H3,(H,41,42,43)(H,44,45,46)(H,47,48,49)(H,50,51,52);;;;;;/q-1;5*+1;/p-4. The number of fused-ring (bicyclic) bond motifs is 1. The van der Waals surface area contributed by atoms with Crippen LogP contribution in [0.3, 0.4) is 0 Å². The summed E-state index contributed by atoms with van der Waals surface area (Å²) in [7, 11) is -24.5. The minimum absolute atomic E-state index is 0. The molecule has 5 aromatic carbocycles. The fourth-order valence-corrected chi connectivity index (χ4v) is 7.15. The number of hydrogen-bond donors (Lipinski definition) is 2. The molecule has 0 aromatic heterocycles. The molecule has 0 aliphatic heterocycles. The topological polar surface area (TPSA) is 444 Å². The number of phenolic OH excluding ortho intramolecular Hbond substituents is 1. The van der Waals surface area contributed by atoms with E-state index in [0.29, 0.717) is 30.3 Å². The molecule has 5 aromatic rings. The van der Waals surface area contributed by atoms with E-state index in [2.05, 4.69) is 36.8 Å². The maximum Gasteiger partial charge on any atom is 1.00 e. The predicted octanol–water partition coefficient (Wildman–Crippen LogP) is -11.0. The summed E-state index contributed by atoms with van der Waals surface area (Å²) < 4.78 is 168. The number of azo groups is 3. The van der Waals surface area contributed by atoms with Crippen molar-refractivity contribution in [3.63, 3.8) is 0 Å². The molecule has 0 amide bonds. The molecule has 0 fully saturated rings. The van der Waals surface area contributed by atoms with Crippen LogP contribution in [0, 0.1) is 23.1 Å². The third-order valence-corrected chi connectivity index (χ3v) is 10.8. The zero-order chi connectivity index (χ0) is 45.1. The van der Waals surface area contributed by atoms with Crippen molar-refractivity contribution in [2.75, 3.05) is 5.73 Å². The van der Waals surface area contributed by atoms with E-state index < -0.39 is 121 Å². The second kappa shape index (κ2) is 26.4. The average molecular weight is 1040 g/mol. The van der Waals surface area contributed by atoms with Crippen molar-refractivity contribution in [2.24, 2.45) is 30.7 Å². The summed E-state index contributed by atoms with van der Waals surface area (Å²) in [5.74, 6) is -1.24. The molecular weight excluding hydrogens is 1020 g/mol. The number of rotatable bonds is 11. The number of nitrogen functional groups attached to an aromatic ring is 1. The van der Waals surface area contributed by atoms with Crippen molar-refractivity contribution in [1.29, 1.82) is 0 Å². The molecule has 26 nitrogen and oxygen atoms in total. The van der Waals surface area contributed by atoms with Crippen molar-refractivity contribution in [2.45, 2.75) is 26.5 Å². The van der Waals surface area contributed by atoms with E-state index >= 15 is 0 Å². The van der Waals surface area contributed by atoms with Gasteiger partial charge in [0, 0.05) is 10.3 Å². The van der Waals surface area contributed by atoms with Crippen LogP contribution in [-0.4, -0.2) is 74.5 Å². The Balaban J connectivity index is 0. The fourth-order valence-electron chi connectivity index (χ4n) is 4.75.